The molecular formula is C18H20N4O2. The molecule has 1 aliphatic rings. The second-order valence-corrected chi connectivity index (χ2v) is 5.79. The summed E-state index contributed by atoms with van der Waals surface area (Å²) in [7, 11) is 5.16. The van der Waals surface area contributed by atoms with E-state index in [1.165, 1.54) is 0 Å². The summed E-state index contributed by atoms with van der Waals surface area (Å²) in [6.07, 6.45) is 1.77. The topological polar surface area (TPSA) is 50.6 Å². The first kappa shape index (κ1) is 15.9. The fraction of sp³-hybridized carbons (Fsp3) is 0.333. The number of hydrogen-bond donors (Lipinski definition) is 0. The number of fused-ring (bicyclic) bond motifs is 1. The van der Waals surface area contributed by atoms with E-state index in [2.05, 4.69) is 21.4 Å². The molecule has 0 N–H and O–H groups in total. The minimum atomic E-state index is 0.00765. The Balaban J connectivity index is 1.79. The number of ether oxygens (including phenoxy) is 1. The highest BCUT2D eigenvalue weighted by Crippen LogP contribution is 2.15. The minimum absolute atomic E-state index is 0.00765. The first-order valence-electron chi connectivity index (χ1n) is 7.75. The van der Waals surface area contributed by atoms with Gasteiger partial charge in [0.15, 0.2) is 0 Å². The van der Waals surface area contributed by atoms with E-state index in [1.807, 2.05) is 24.3 Å². The van der Waals surface area contributed by atoms with Crippen molar-refractivity contribution in [3.05, 3.63) is 47.5 Å². The lowest BCUT2D eigenvalue weighted by atomic mass is 10.2. The van der Waals surface area contributed by atoms with Gasteiger partial charge in [-0.15, -0.1) is 0 Å². The number of amides is 2. The van der Waals surface area contributed by atoms with E-state index < -0.39 is 0 Å². The van der Waals surface area contributed by atoms with Crippen LogP contribution in [0.25, 0.3) is 0 Å². The summed E-state index contributed by atoms with van der Waals surface area (Å²) in [5, 5.41) is 0. The van der Waals surface area contributed by atoms with E-state index in [-0.39, 0.29) is 6.03 Å². The smallest absolute Gasteiger partial charge is 0.319 e. The lowest BCUT2D eigenvalue weighted by molar-refractivity contribution is 0.156. The lowest BCUT2D eigenvalue weighted by Crippen LogP contribution is -2.43. The summed E-state index contributed by atoms with van der Waals surface area (Å²) in [4.78, 5) is 19.9. The summed E-state index contributed by atoms with van der Waals surface area (Å²) in [5.41, 5.74) is 1.76. The Kier molecular flexibility index (Phi) is 4.43. The van der Waals surface area contributed by atoms with Crippen molar-refractivity contribution in [1.82, 2.24) is 19.4 Å². The molecule has 1 aliphatic heterocycles. The van der Waals surface area contributed by atoms with Crippen LogP contribution in [0.2, 0.25) is 0 Å². The molecule has 6 heteroatoms. The number of carbonyl (C=O) groups excluding carboxylic acids is 1. The van der Waals surface area contributed by atoms with Crippen LogP contribution in [0.5, 0.6) is 5.75 Å². The number of benzene rings is 1. The highest BCUT2D eigenvalue weighted by molar-refractivity contribution is 5.73. The Morgan fingerprint density at radius 2 is 2.12 bits per heavy atom. The van der Waals surface area contributed by atoms with Gasteiger partial charge in [-0.25, -0.2) is 9.78 Å². The molecule has 1 aromatic heterocycles. The van der Waals surface area contributed by atoms with Crippen molar-refractivity contribution < 1.29 is 9.53 Å². The average molecular weight is 324 g/mol. The van der Waals surface area contributed by atoms with Crippen LogP contribution in [0.3, 0.4) is 0 Å². The zero-order chi connectivity index (χ0) is 17.1. The van der Waals surface area contributed by atoms with Crippen molar-refractivity contribution in [3.8, 4) is 17.6 Å². The van der Waals surface area contributed by atoms with E-state index in [1.54, 1.807) is 37.2 Å². The zero-order valence-corrected chi connectivity index (χ0v) is 14.1. The third-order valence-electron chi connectivity index (χ3n) is 3.92. The number of carbonyl (C=O) groups is 1. The van der Waals surface area contributed by atoms with Gasteiger partial charge >= 0.3 is 6.03 Å². The fourth-order valence-corrected chi connectivity index (χ4v) is 2.64. The van der Waals surface area contributed by atoms with Gasteiger partial charge in [0, 0.05) is 32.7 Å². The number of methoxy groups -OCH3 is 1. The molecule has 0 spiro atoms. The molecule has 2 amide bonds. The molecular weight excluding hydrogens is 304 g/mol. The highest BCUT2D eigenvalue weighted by Gasteiger charge is 2.23. The van der Waals surface area contributed by atoms with Gasteiger partial charge in [0.1, 0.15) is 17.3 Å². The van der Waals surface area contributed by atoms with Gasteiger partial charge in [-0.2, -0.15) is 0 Å². The SMILES string of the molecule is COc1cccc(C#Cc2cnc3n2CCN(C(=O)N(C)C)C3)c1. The maximum absolute atomic E-state index is 12.1. The summed E-state index contributed by atoms with van der Waals surface area (Å²) >= 11 is 0. The molecule has 24 heavy (non-hydrogen) atoms. The number of aromatic nitrogens is 2. The van der Waals surface area contributed by atoms with Crippen LogP contribution < -0.4 is 4.74 Å². The van der Waals surface area contributed by atoms with Crippen LogP contribution in [0.1, 0.15) is 17.1 Å². The van der Waals surface area contributed by atoms with Gasteiger partial charge in [-0.3, -0.25) is 0 Å². The van der Waals surface area contributed by atoms with Crippen molar-refractivity contribution in [2.75, 3.05) is 27.7 Å². The van der Waals surface area contributed by atoms with E-state index in [0.717, 1.165) is 22.8 Å². The molecule has 6 nitrogen and oxygen atoms in total. The molecule has 0 unspecified atom stereocenters. The molecule has 1 aromatic carbocycles. The van der Waals surface area contributed by atoms with Gasteiger partial charge in [-0.1, -0.05) is 12.0 Å². The molecule has 3 rings (SSSR count). The summed E-state index contributed by atoms with van der Waals surface area (Å²) in [6, 6.07) is 7.66. The predicted octanol–water partition coefficient (Wildman–Crippen LogP) is 1.79. The van der Waals surface area contributed by atoms with E-state index in [4.69, 9.17) is 4.74 Å². The number of hydrogen-bond acceptors (Lipinski definition) is 3. The molecule has 0 radical (unpaired) electrons. The van der Waals surface area contributed by atoms with Crippen LogP contribution in [0, 0.1) is 11.8 Å². The molecule has 0 saturated heterocycles. The van der Waals surface area contributed by atoms with Crippen LogP contribution in [0.4, 0.5) is 4.79 Å². The van der Waals surface area contributed by atoms with Gasteiger partial charge in [-0.05, 0) is 24.1 Å². The van der Waals surface area contributed by atoms with Crippen molar-refractivity contribution in [3.63, 3.8) is 0 Å². The van der Waals surface area contributed by atoms with E-state index in [9.17, 15) is 4.79 Å². The fourth-order valence-electron chi connectivity index (χ4n) is 2.64. The zero-order valence-electron chi connectivity index (χ0n) is 14.1. The Morgan fingerprint density at radius 3 is 2.88 bits per heavy atom. The predicted molar refractivity (Wildman–Crippen MR) is 90.7 cm³/mol. The Hall–Kier alpha value is -2.94. The number of urea groups is 1. The number of nitrogens with zero attached hydrogens (tertiary/aromatic N) is 4. The maximum atomic E-state index is 12.1. The van der Waals surface area contributed by atoms with Gasteiger partial charge in [0.25, 0.3) is 0 Å². The van der Waals surface area contributed by atoms with Crippen LogP contribution >= 0.6 is 0 Å². The van der Waals surface area contributed by atoms with Crippen LogP contribution in [-0.4, -0.2) is 53.1 Å². The quantitative estimate of drug-likeness (QED) is 0.752. The van der Waals surface area contributed by atoms with Crippen molar-refractivity contribution >= 4 is 6.03 Å². The average Bonchev–Trinajstić information content (AvgIpc) is 3.01. The third kappa shape index (κ3) is 3.20. The standard InChI is InChI=1S/C18H20N4O2/c1-20(2)18(23)21-9-10-22-15(12-19-17(22)13-21)8-7-14-5-4-6-16(11-14)24-3/h4-6,11-12H,9-10,13H2,1-3H3. The van der Waals surface area contributed by atoms with Gasteiger partial charge in [0.05, 0.1) is 19.9 Å². The summed E-state index contributed by atoms with van der Waals surface area (Å²) in [5.74, 6) is 7.97. The van der Waals surface area contributed by atoms with Crippen molar-refractivity contribution in [2.45, 2.75) is 13.1 Å². The Bertz CT molecular complexity index is 814. The molecule has 0 aliphatic carbocycles. The monoisotopic (exact) mass is 324 g/mol. The Morgan fingerprint density at radius 1 is 1.29 bits per heavy atom. The summed E-state index contributed by atoms with van der Waals surface area (Å²) < 4.78 is 7.29. The molecule has 0 bridgehead atoms. The van der Waals surface area contributed by atoms with Crippen LogP contribution in [-0.2, 0) is 13.1 Å². The second-order valence-electron chi connectivity index (χ2n) is 5.79. The molecule has 124 valence electrons. The van der Waals surface area contributed by atoms with E-state index >= 15 is 0 Å². The summed E-state index contributed by atoms with van der Waals surface area (Å²) in [6.45, 7) is 1.88. The number of imidazole rings is 1. The lowest BCUT2D eigenvalue weighted by Gasteiger charge is -2.30. The first-order chi connectivity index (χ1) is 11.6. The van der Waals surface area contributed by atoms with Crippen molar-refractivity contribution in [2.24, 2.45) is 0 Å². The minimum Gasteiger partial charge on any atom is -0.497 e. The van der Waals surface area contributed by atoms with Gasteiger partial charge in [0.2, 0.25) is 0 Å². The third-order valence-corrected chi connectivity index (χ3v) is 3.92. The molecule has 2 heterocycles. The Labute approximate surface area is 141 Å². The van der Waals surface area contributed by atoms with Crippen molar-refractivity contribution in [1.29, 1.82) is 0 Å². The second kappa shape index (κ2) is 6.67. The normalized spacial score (nSPS) is 12.9. The maximum Gasteiger partial charge on any atom is 0.319 e. The number of rotatable bonds is 1. The largest absolute Gasteiger partial charge is 0.497 e. The van der Waals surface area contributed by atoms with E-state index in [0.29, 0.717) is 19.6 Å². The molecule has 0 saturated carbocycles. The molecule has 0 fully saturated rings. The highest BCUT2D eigenvalue weighted by atomic mass is 16.5. The van der Waals surface area contributed by atoms with Crippen LogP contribution in [0.15, 0.2) is 30.5 Å². The molecule has 0 atom stereocenters. The molecule has 2 aromatic rings. The van der Waals surface area contributed by atoms with Gasteiger partial charge < -0.3 is 19.1 Å². The first-order valence-corrected chi connectivity index (χ1v) is 7.75.